The lowest BCUT2D eigenvalue weighted by atomic mass is 10.2. The van der Waals surface area contributed by atoms with E-state index in [-0.39, 0.29) is 27.5 Å². The van der Waals surface area contributed by atoms with Gasteiger partial charge in [0, 0.05) is 17.3 Å². The summed E-state index contributed by atoms with van der Waals surface area (Å²) in [7, 11) is 0. The molecule has 11 heteroatoms. The van der Waals surface area contributed by atoms with Crippen molar-refractivity contribution in [2.24, 2.45) is 5.73 Å². The Morgan fingerprint density at radius 2 is 2.04 bits per heavy atom. The molecule has 1 aromatic heterocycles. The molecule has 3 rings (SSSR count). The number of nitrogens with zero attached hydrogens (tertiary/aromatic N) is 2. The van der Waals surface area contributed by atoms with Crippen LogP contribution in [0.2, 0.25) is 0 Å². The van der Waals surface area contributed by atoms with Crippen LogP contribution < -0.4 is 16.6 Å². The Labute approximate surface area is 161 Å². The van der Waals surface area contributed by atoms with Crippen LogP contribution in [0.3, 0.4) is 0 Å². The van der Waals surface area contributed by atoms with Gasteiger partial charge in [0.05, 0.1) is 32.8 Å². The summed E-state index contributed by atoms with van der Waals surface area (Å²) in [5, 5.41) is 14.1. The topological polar surface area (TPSA) is 161 Å². The van der Waals surface area contributed by atoms with Crippen LogP contribution in [0.1, 0.15) is 10.4 Å². The number of primary amides is 1. The number of nitro benzene ring substituents is 1. The molecule has 2 amide bonds. The standard InChI is InChI=1S/C17H13N5O5S/c18-16(24)9-1-4-14(13(5-9)22(26)27)28-7-15(23)21-10-2-3-12-11(6-10)17(25)20-8-19-12/h1-6,8H,7H2,(H2,18,24)(H,21,23)(H,19,20,25). The number of hydrogen-bond acceptors (Lipinski definition) is 7. The number of anilines is 1. The van der Waals surface area contributed by atoms with Crippen molar-refractivity contribution < 1.29 is 14.5 Å². The van der Waals surface area contributed by atoms with Gasteiger partial charge in [0.25, 0.3) is 11.2 Å². The summed E-state index contributed by atoms with van der Waals surface area (Å²) < 4.78 is 0. The van der Waals surface area contributed by atoms with E-state index in [4.69, 9.17) is 5.73 Å². The first kappa shape index (κ1) is 19.0. The van der Waals surface area contributed by atoms with Gasteiger partial charge in [-0.3, -0.25) is 24.5 Å². The fraction of sp³-hybridized carbons (Fsp3) is 0.0588. The monoisotopic (exact) mass is 399 g/mol. The third kappa shape index (κ3) is 4.15. The normalized spacial score (nSPS) is 10.6. The van der Waals surface area contributed by atoms with Crippen molar-refractivity contribution in [3.63, 3.8) is 0 Å². The summed E-state index contributed by atoms with van der Waals surface area (Å²) in [6.07, 6.45) is 1.29. The summed E-state index contributed by atoms with van der Waals surface area (Å²) in [5.41, 5.74) is 5.38. The van der Waals surface area contributed by atoms with Crippen LogP contribution in [0.15, 0.2) is 52.4 Å². The molecule has 0 radical (unpaired) electrons. The van der Waals surface area contributed by atoms with Crippen molar-refractivity contribution in [2.45, 2.75) is 4.90 Å². The molecule has 142 valence electrons. The number of nitrogens with two attached hydrogens (primary N) is 1. The molecule has 28 heavy (non-hydrogen) atoms. The van der Waals surface area contributed by atoms with Gasteiger partial charge >= 0.3 is 0 Å². The Kier molecular flexibility index (Phi) is 5.36. The van der Waals surface area contributed by atoms with Gasteiger partial charge in [0.15, 0.2) is 0 Å². The van der Waals surface area contributed by atoms with Crippen LogP contribution in [-0.2, 0) is 4.79 Å². The molecular formula is C17H13N5O5S. The second kappa shape index (κ2) is 7.88. The van der Waals surface area contributed by atoms with E-state index in [1.54, 1.807) is 12.1 Å². The second-order valence-corrected chi connectivity index (χ2v) is 6.62. The van der Waals surface area contributed by atoms with Crippen molar-refractivity contribution in [1.82, 2.24) is 9.97 Å². The molecule has 0 aliphatic heterocycles. The Morgan fingerprint density at radius 1 is 1.25 bits per heavy atom. The Morgan fingerprint density at radius 3 is 2.75 bits per heavy atom. The number of nitrogens with one attached hydrogen (secondary N) is 2. The number of aromatic amines is 1. The molecule has 0 saturated heterocycles. The van der Waals surface area contributed by atoms with Gasteiger partial charge in [-0.15, -0.1) is 11.8 Å². The lowest BCUT2D eigenvalue weighted by Gasteiger charge is -2.07. The largest absolute Gasteiger partial charge is 0.366 e. The smallest absolute Gasteiger partial charge is 0.283 e. The van der Waals surface area contributed by atoms with Crippen LogP contribution in [0.4, 0.5) is 11.4 Å². The highest BCUT2D eigenvalue weighted by atomic mass is 32.2. The molecule has 1 heterocycles. The molecule has 0 atom stereocenters. The predicted molar refractivity (Wildman–Crippen MR) is 103 cm³/mol. The quantitative estimate of drug-likeness (QED) is 0.322. The van der Waals surface area contributed by atoms with E-state index in [1.807, 2.05) is 0 Å². The Bertz CT molecular complexity index is 1160. The van der Waals surface area contributed by atoms with Gasteiger partial charge in [0.1, 0.15) is 0 Å². The summed E-state index contributed by atoms with van der Waals surface area (Å²) in [5.74, 6) is -1.31. The van der Waals surface area contributed by atoms with Gasteiger partial charge in [0.2, 0.25) is 11.8 Å². The van der Waals surface area contributed by atoms with Crippen molar-refractivity contribution in [3.8, 4) is 0 Å². The molecule has 0 saturated carbocycles. The highest BCUT2D eigenvalue weighted by Crippen LogP contribution is 2.30. The van der Waals surface area contributed by atoms with E-state index in [1.165, 1.54) is 24.5 Å². The molecule has 0 aliphatic rings. The maximum atomic E-state index is 12.2. The van der Waals surface area contributed by atoms with Crippen LogP contribution in [0.25, 0.3) is 10.9 Å². The summed E-state index contributed by atoms with van der Waals surface area (Å²) in [4.78, 5) is 52.4. The van der Waals surface area contributed by atoms with Gasteiger partial charge < -0.3 is 16.0 Å². The van der Waals surface area contributed by atoms with E-state index in [0.29, 0.717) is 16.6 Å². The number of hydrogen-bond donors (Lipinski definition) is 3. The summed E-state index contributed by atoms with van der Waals surface area (Å²) in [6.45, 7) is 0. The van der Waals surface area contributed by atoms with E-state index < -0.39 is 16.7 Å². The third-order valence-electron chi connectivity index (χ3n) is 3.72. The fourth-order valence-electron chi connectivity index (χ4n) is 2.42. The zero-order valence-corrected chi connectivity index (χ0v) is 15.0. The maximum absolute atomic E-state index is 12.2. The number of thioether (sulfide) groups is 1. The third-order valence-corrected chi connectivity index (χ3v) is 4.79. The first-order chi connectivity index (χ1) is 13.3. The number of carbonyl (C=O) groups is 2. The minimum absolute atomic E-state index is 0.00972. The van der Waals surface area contributed by atoms with Crippen LogP contribution in [0, 0.1) is 10.1 Å². The molecular weight excluding hydrogens is 386 g/mol. The maximum Gasteiger partial charge on any atom is 0.283 e. The summed E-state index contributed by atoms with van der Waals surface area (Å²) >= 11 is 0.944. The number of rotatable bonds is 6. The van der Waals surface area contributed by atoms with Crippen LogP contribution in [-0.4, -0.2) is 32.5 Å². The molecule has 4 N–H and O–H groups in total. The lowest BCUT2D eigenvalue weighted by molar-refractivity contribution is -0.387. The number of fused-ring (bicyclic) bond motifs is 1. The SMILES string of the molecule is NC(=O)c1ccc(SCC(=O)Nc2ccc3nc[nH]c(=O)c3c2)c([N+](=O)[O-])c1. The number of carbonyl (C=O) groups excluding carboxylic acids is 2. The van der Waals surface area contributed by atoms with E-state index in [2.05, 4.69) is 15.3 Å². The van der Waals surface area contributed by atoms with Crippen molar-refractivity contribution in [1.29, 1.82) is 0 Å². The minimum atomic E-state index is -0.779. The minimum Gasteiger partial charge on any atom is -0.366 e. The first-order valence-corrected chi connectivity index (χ1v) is 8.82. The molecule has 10 nitrogen and oxygen atoms in total. The van der Waals surface area contributed by atoms with E-state index in [9.17, 15) is 24.5 Å². The van der Waals surface area contributed by atoms with Crippen LogP contribution in [0.5, 0.6) is 0 Å². The fourth-order valence-corrected chi connectivity index (χ4v) is 3.23. The number of aromatic nitrogens is 2. The van der Waals surface area contributed by atoms with Gasteiger partial charge in [-0.05, 0) is 30.3 Å². The van der Waals surface area contributed by atoms with Crippen molar-refractivity contribution in [3.05, 3.63) is 68.8 Å². The zero-order chi connectivity index (χ0) is 20.3. The molecule has 0 bridgehead atoms. The van der Waals surface area contributed by atoms with E-state index in [0.717, 1.165) is 17.8 Å². The molecule has 0 aliphatic carbocycles. The highest BCUT2D eigenvalue weighted by molar-refractivity contribution is 8.00. The first-order valence-electron chi connectivity index (χ1n) is 7.83. The number of H-pyrrole nitrogens is 1. The molecule has 0 fully saturated rings. The second-order valence-electron chi connectivity index (χ2n) is 5.60. The molecule has 0 unspecified atom stereocenters. The average Bonchev–Trinajstić information content (AvgIpc) is 2.66. The van der Waals surface area contributed by atoms with Gasteiger partial charge in [-0.1, -0.05) is 0 Å². The molecule has 3 aromatic rings. The molecule has 2 aromatic carbocycles. The van der Waals surface area contributed by atoms with Crippen LogP contribution >= 0.6 is 11.8 Å². The highest BCUT2D eigenvalue weighted by Gasteiger charge is 2.18. The predicted octanol–water partition coefficient (Wildman–Crippen LogP) is 1.66. The number of nitro groups is 1. The van der Waals surface area contributed by atoms with Gasteiger partial charge in [-0.2, -0.15) is 0 Å². The average molecular weight is 399 g/mol. The Hall–Kier alpha value is -3.73. The van der Waals surface area contributed by atoms with Crippen molar-refractivity contribution in [2.75, 3.05) is 11.1 Å². The number of benzene rings is 2. The lowest BCUT2D eigenvalue weighted by Crippen LogP contribution is -2.15. The van der Waals surface area contributed by atoms with E-state index >= 15 is 0 Å². The number of amides is 2. The van der Waals surface area contributed by atoms with Crippen molar-refractivity contribution >= 4 is 45.9 Å². The van der Waals surface area contributed by atoms with Gasteiger partial charge in [-0.25, -0.2) is 4.98 Å². The molecule has 0 spiro atoms. The zero-order valence-electron chi connectivity index (χ0n) is 14.2. The Balaban J connectivity index is 1.72. The summed E-state index contributed by atoms with van der Waals surface area (Å²) in [6, 6.07) is 8.50.